The number of fused-ring (bicyclic) bond motifs is 2. The van der Waals surface area contributed by atoms with Crippen molar-refractivity contribution in [1.82, 2.24) is 31.0 Å². The van der Waals surface area contributed by atoms with Crippen molar-refractivity contribution in [2.45, 2.75) is 37.8 Å². The lowest BCUT2D eigenvalue weighted by Gasteiger charge is -2.41. The second kappa shape index (κ2) is 11.3. The minimum atomic E-state index is -0.563. The van der Waals surface area contributed by atoms with Crippen LogP contribution in [0.4, 0.5) is 4.39 Å². The van der Waals surface area contributed by atoms with Crippen LogP contribution >= 0.6 is 0 Å². The average Bonchev–Trinajstić information content (AvgIpc) is 3.25. The van der Waals surface area contributed by atoms with E-state index in [1.165, 1.54) is 6.07 Å². The highest BCUT2D eigenvalue weighted by atomic mass is 19.1. The SMILES string of the molecule is O=C1NNC(Cc2ccc(F)c(C(=O)N3CCCN(C(=O)c4cnc5ccccc5c4)CC3)c2)C2NCCCC12. The topological polar surface area (TPSA) is 107 Å². The fourth-order valence-electron chi connectivity index (χ4n) is 6.14. The standard InChI is InChI=1S/C30H33FN6O3/c31-24-9-8-19(16-26-27-22(6-3-10-32-27)28(38)35-34-26)15-23(24)30(40)37-12-4-11-36(13-14-37)29(39)21-17-20-5-1-2-7-25(20)33-18-21/h1-2,5,7-9,15,17-18,22,26-27,32,34H,3-4,6,10-14,16H2,(H,35,38). The van der Waals surface area contributed by atoms with Gasteiger partial charge >= 0.3 is 0 Å². The van der Waals surface area contributed by atoms with Crippen molar-refractivity contribution in [3.8, 4) is 0 Å². The highest BCUT2D eigenvalue weighted by Gasteiger charge is 2.40. The molecule has 0 radical (unpaired) electrons. The van der Waals surface area contributed by atoms with Gasteiger partial charge in [-0.3, -0.25) is 24.8 Å². The fraction of sp³-hybridized carbons (Fsp3) is 0.400. The lowest BCUT2D eigenvalue weighted by molar-refractivity contribution is -0.131. The number of hydrogen-bond donors (Lipinski definition) is 3. The van der Waals surface area contributed by atoms with Crippen molar-refractivity contribution in [2.75, 3.05) is 32.7 Å². The van der Waals surface area contributed by atoms with E-state index in [0.29, 0.717) is 44.6 Å². The number of halogens is 1. The van der Waals surface area contributed by atoms with Gasteiger partial charge in [-0.05, 0) is 62.1 Å². The van der Waals surface area contributed by atoms with Gasteiger partial charge in [-0.25, -0.2) is 9.82 Å². The van der Waals surface area contributed by atoms with Crippen molar-refractivity contribution in [2.24, 2.45) is 5.92 Å². The molecule has 0 bridgehead atoms. The minimum absolute atomic E-state index is 0.00556. The summed E-state index contributed by atoms with van der Waals surface area (Å²) in [7, 11) is 0. The Kier molecular flexibility index (Phi) is 7.44. The van der Waals surface area contributed by atoms with E-state index in [4.69, 9.17) is 0 Å². The monoisotopic (exact) mass is 544 g/mol. The van der Waals surface area contributed by atoms with Crippen LogP contribution in [0, 0.1) is 11.7 Å². The van der Waals surface area contributed by atoms with E-state index in [2.05, 4.69) is 21.2 Å². The summed E-state index contributed by atoms with van der Waals surface area (Å²) >= 11 is 0. The Hall–Kier alpha value is -3.89. The van der Waals surface area contributed by atoms with E-state index in [0.717, 1.165) is 35.9 Å². The molecule has 3 aromatic rings. The van der Waals surface area contributed by atoms with Gasteiger partial charge < -0.3 is 15.1 Å². The summed E-state index contributed by atoms with van der Waals surface area (Å²) in [5.41, 5.74) is 8.07. The summed E-state index contributed by atoms with van der Waals surface area (Å²) < 4.78 is 14.9. The summed E-state index contributed by atoms with van der Waals surface area (Å²) in [6.07, 6.45) is 4.52. The van der Waals surface area contributed by atoms with E-state index >= 15 is 0 Å². The van der Waals surface area contributed by atoms with Gasteiger partial charge in [0.05, 0.1) is 22.6 Å². The molecule has 0 aliphatic carbocycles. The predicted octanol–water partition coefficient (Wildman–Crippen LogP) is 2.28. The third-order valence-corrected chi connectivity index (χ3v) is 8.28. The maximum atomic E-state index is 14.9. The Labute approximate surface area is 232 Å². The summed E-state index contributed by atoms with van der Waals surface area (Å²) in [5.74, 6) is -1.17. The molecule has 9 nitrogen and oxygen atoms in total. The molecular weight excluding hydrogens is 511 g/mol. The van der Waals surface area contributed by atoms with E-state index in [1.54, 1.807) is 28.1 Å². The molecule has 3 aliphatic heterocycles. The third kappa shape index (κ3) is 5.29. The average molecular weight is 545 g/mol. The van der Waals surface area contributed by atoms with E-state index in [1.807, 2.05) is 30.3 Å². The number of carbonyl (C=O) groups is 3. The van der Waals surface area contributed by atoms with Crippen molar-refractivity contribution in [3.63, 3.8) is 0 Å². The quantitative estimate of drug-likeness (QED) is 0.466. The van der Waals surface area contributed by atoms with Gasteiger partial charge in [0.1, 0.15) is 5.82 Å². The second-order valence-corrected chi connectivity index (χ2v) is 10.8. The summed E-state index contributed by atoms with van der Waals surface area (Å²) in [6, 6.07) is 14.1. The number of carbonyl (C=O) groups excluding carboxylic acids is 3. The van der Waals surface area contributed by atoms with Gasteiger partial charge in [0.25, 0.3) is 11.8 Å². The zero-order valence-corrected chi connectivity index (χ0v) is 22.2. The first-order chi connectivity index (χ1) is 19.5. The van der Waals surface area contributed by atoms with Gasteiger partial charge in [-0.1, -0.05) is 24.3 Å². The summed E-state index contributed by atoms with van der Waals surface area (Å²) in [4.78, 5) is 46.8. The van der Waals surface area contributed by atoms with Crippen molar-refractivity contribution >= 4 is 28.6 Å². The van der Waals surface area contributed by atoms with Gasteiger partial charge in [0.2, 0.25) is 5.91 Å². The molecule has 10 heteroatoms. The lowest BCUT2D eigenvalue weighted by Crippen LogP contribution is -2.67. The maximum absolute atomic E-state index is 14.9. The zero-order chi connectivity index (χ0) is 27.6. The van der Waals surface area contributed by atoms with Crippen LogP contribution < -0.4 is 16.2 Å². The molecule has 40 heavy (non-hydrogen) atoms. The van der Waals surface area contributed by atoms with Crippen LogP contribution in [0.3, 0.4) is 0 Å². The Balaban J connectivity index is 1.13. The molecule has 3 saturated heterocycles. The molecule has 0 saturated carbocycles. The van der Waals surface area contributed by atoms with Crippen LogP contribution in [0.5, 0.6) is 0 Å². The van der Waals surface area contributed by atoms with Gasteiger partial charge in [0, 0.05) is 49.8 Å². The number of hydrazine groups is 1. The number of rotatable bonds is 4. The van der Waals surface area contributed by atoms with Crippen molar-refractivity contribution < 1.29 is 18.8 Å². The highest BCUT2D eigenvalue weighted by molar-refractivity contribution is 5.97. The zero-order valence-electron chi connectivity index (χ0n) is 22.2. The molecule has 3 aliphatic rings. The first kappa shape index (κ1) is 26.3. The van der Waals surface area contributed by atoms with Crippen LogP contribution in [-0.2, 0) is 11.2 Å². The van der Waals surface area contributed by atoms with E-state index < -0.39 is 5.82 Å². The maximum Gasteiger partial charge on any atom is 0.256 e. The van der Waals surface area contributed by atoms with Gasteiger partial charge in [-0.15, -0.1) is 0 Å². The third-order valence-electron chi connectivity index (χ3n) is 8.28. The summed E-state index contributed by atoms with van der Waals surface area (Å²) in [6.45, 7) is 2.47. The van der Waals surface area contributed by atoms with Crippen LogP contribution in [0.2, 0.25) is 0 Å². The number of pyridine rings is 1. The molecule has 3 atom stereocenters. The molecule has 4 heterocycles. The number of aromatic nitrogens is 1. The number of hydrogen-bond acceptors (Lipinski definition) is 6. The first-order valence-electron chi connectivity index (χ1n) is 14.0. The van der Waals surface area contributed by atoms with Crippen molar-refractivity contribution in [3.05, 3.63) is 77.2 Å². The van der Waals surface area contributed by atoms with E-state index in [-0.39, 0.29) is 41.3 Å². The summed E-state index contributed by atoms with van der Waals surface area (Å²) in [5, 5.41) is 4.35. The van der Waals surface area contributed by atoms with Crippen molar-refractivity contribution in [1.29, 1.82) is 0 Å². The molecule has 208 valence electrons. The number of nitrogens with zero attached hydrogens (tertiary/aromatic N) is 3. The predicted molar refractivity (Wildman–Crippen MR) is 148 cm³/mol. The van der Waals surface area contributed by atoms with Crippen LogP contribution in [-0.4, -0.2) is 77.3 Å². The van der Waals surface area contributed by atoms with E-state index in [9.17, 15) is 18.8 Å². The molecule has 3 unspecified atom stereocenters. The Morgan fingerprint density at radius 2 is 1.77 bits per heavy atom. The Morgan fingerprint density at radius 1 is 0.975 bits per heavy atom. The minimum Gasteiger partial charge on any atom is -0.337 e. The largest absolute Gasteiger partial charge is 0.337 e. The molecule has 3 amide bonds. The number of para-hydroxylation sites is 1. The molecule has 6 rings (SSSR count). The second-order valence-electron chi connectivity index (χ2n) is 10.8. The lowest BCUT2D eigenvalue weighted by atomic mass is 9.82. The number of piperidine rings is 1. The molecule has 3 N–H and O–H groups in total. The number of amides is 3. The number of nitrogens with one attached hydrogen (secondary N) is 3. The van der Waals surface area contributed by atoms with Crippen LogP contribution in [0.15, 0.2) is 54.7 Å². The molecule has 2 aromatic carbocycles. The van der Waals surface area contributed by atoms with Crippen LogP contribution in [0.25, 0.3) is 10.9 Å². The highest BCUT2D eigenvalue weighted by Crippen LogP contribution is 2.25. The molecule has 3 fully saturated rings. The van der Waals surface area contributed by atoms with Gasteiger partial charge in [-0.2, -0.15) is 0 Å². The molecule has 0 spiro atoms. The first-order valence-corrected chi connectivity index (χ1v) is 14.0. The normalized spacial score (nSPS) is 23.3. The smallest absolute Gasteiger partial charge is 0.256 e. The van der Waals surface area contributed by atoms with Gasteiger partial charge in [0.15, 0.2) is 0 Å². The fourth-order valence-corrected chi connectivity index (χ4v) is 6.14. The number of benzene rings is 2. The molecular formula is C30H33FN6O3. The molecule has 1 aromatic heterocycles. The Morgan fingerprint density at radius 3 is 2.62 bits per heavy atom. The Bertz CT molecular complexity index is 1450. The van der Waals surface area contributed by atoms with Crippen LogP contribution in [0.1, 0.15) is 45.5 Å².